The first-order valence-corrected chi connectivity index (χ1v) is 37.8. The number of hydrogen-bond acceptors (Lipinski definition) is 10. The minimum absolute atomic E-state index is 0.394. The monoisotopic (exact) mass is 1080 g/mol. The Kier molecular flexibility index (Phi) is 28.9. The summed E-state index contributed by atoms with van der Waals surface area (Å²) in [5.41, 5.74) is 0.976. The molecule has 0 aliphatic rings. The summed E-state index contributed by atoms with van der Waals surface area (Å²) in [6.07, 6.45) is 21.6. The average Bonchev–Trinajstić information content (AvgIpc) is 3.38. The van der Waals surface area contributed by atoms with Gasteiger partial charge in [0.2, 0.25) is 0 Å². The van der Waals surface area contributed by atoms with E-state index in [0.717, 1.165) is 61.5 Å². The van der Waals surface area contributed by atoms with Gasteiger partial charge in [-0.15, -0.1) is 0 Å². The quantitative estimate of drug-likeness (QED) is 0.0185. The molecule has 2 unspecified atom stereocenters. The molecule has 10 nitrogen and oxygen atoms in total. The first kappa shape index (κ1) is 63.1. The number of unbranched alkanes of at least 4 members (excludes halogenated alkanes) is 14. The van der Waals surface area contributed by atoms with Gasteiger partial charge in [-0.3, -0.25) is 0 Å². The smallest absolute Gasteiger partial charge is 0.343 e. The summed E-state index contributed by atoms with van der Waals surface area (Å²) in [5.74, 6) is 4.26. The molecule has 0 aliphatic carbocycles. The van der Waals surface area contributed by atoms with Gasteiger partial charge in [0.15, 0.2) is 16.6 Å². The summed E-state index contributed by atoms with van der Waals surface area (Å²) in [4.78, 5) is 25.3. The summed E-state index contributed by atoms with van der Waals surface area (Å²) in [6.45, 7) is 25.4. The van der Waals surface area contributed by atoms with E-state index in [1.807, 2.05) is 48.5 Å². The SMILES string of the molecule is CCC(C)COc1ccc(OC(=O)c2ccc(OCCCCCCCCCC[Si](C)(C)O[Si](C)(C)O[Si](C)(C)CCCCCCCCCCOc3ccc(C(=O)Oc4ccc(OCC(C)CC)cc4)cc3)cc2)cc1. The van der Waals surface area contributed by atoms with Crippen LogP contribution >= 0.6 is 0 Å². The number of carbonyl (C=O) groups excluding carboxylic acids is 2. The predicted molar refractivity (Wildman–Crippen MR) is 315 cm³/mol. The van der Waals surface area contributed by atoms with Gasteiger partial charge in [-0.2, -0.15) is 0 Å². The van der Waals surface area contributed by atoms with Crippen LogP contribution in [0.4, 0.5) is 0 Å². The van der Waals surface area contributed by atoms with Crippen molar-refractivity contribution in [1.29, 1.82) is 0 Å². The Hall–Kier alpha value is -4.41. The molecular weight excluding hydrogens is 989 g/mol. The van der Waals surface area contributed by atoms with Crippen LogP contribution in [0.3, 0.4) is 0 Å². The lowest BCUT2D eigenvalue weighted by Gasteiger charge is -2.39. The van der Waals surface area contributed by atoms with Crippen molar-refractivity contribution < 1.29 is 46.2 Å². The van der Waals surface area contributed by atoms with Gasteiger partial charge < -0.3 is 36.7 Å². The molecule has 0 saturated carbocycles. The lowest BCUT2D eigenvalue weighted by molar-refractivity contribution is 0.0725. The fourth-order valence-electron chi connectivity index (χ4n) is 8.89. The van der Waals surface area contributed by atoms with E-state index in [-0.39, 0.29) is 0 Å². The Balaban J connectivity index is 0.938. The van der Waals surface area contributed by atoms with Crippen LogP contribution < -0.4 is 28.4 Å². The van der Waals surface area contributed by atoms with Gasteiger partial charge in [0.25, 0.3) is 0 Å². The Morgan fingerprint density at radius 3 is 0.960 bits per heavy atom. The van der Waals surface area contributed by atoms with E-state index >= 15 is 0 Å². The van der Waals surface area contributed by atoms with E-state index in [2.05, 4.69) is 67.0 Å². The minimum atomic E-state index is -2.21. The highest BCUT2D eigenvalue weighted by Crippen LogP contribution is 2.29. The fraction of sp³-hybridized carbons (Fsp3) is 0.581. The number of benzene rings is 4. The van der Waals surface area contributed by atoms with Crippen molar-refractivity contribution in [3.05, 3.63) is 108 Å². The first-order chi connectivity index (χ1) is 35.9. The molecule has 0 aliphatic heterocycles. The standard InChI is InChI=1S/C62H96O10Si3/c1-11-51(3)49-67-57-37-41-59(42-38-57)69-61(63)53-29-33-55(34-30-53)65-45-25-21-17-13-15-19-23-27-47-73(5,6)71-75(9,10)72-74(7,8)48-28-24-20-16-14-18-22-26-46-66-56-35-31-54(32-36-56)62(64)70-60-43-39-58(40-44-60)68-50-52(4)12-2/h29-44,51-52H,11-28,45-50H2,1-10H3. The molecule has 75 heavy (non-hydrogen) atoms. The van der Waals surface area contributed by atoms with Crippen LogP contribution in [-0.2, 0) is 8.23 Å². The molecule has 0 amide bonds. The molecule has 416 valence electrons. The number of hydrogen-bond donors (Lipinski definition) is 0. The predicted octanol–water partition coefficient (Wildman–Crippen LogP) is 17.8. The topological polar surface area (TPSA) is 108 Å². The van der Waals surface area contributed by atoms with Crippen molar-refractivity contribution in [3.8, 4) is 34.5 Å². The second-order valence-corrected chi connectivity index (χ2v) is 34.9. The van der Waals surface area contributed by atoms with Gasteiger partial charge in [-0.25, -0.2) is 9.59 Å². The van der Waals surface area contributed by atoms with Crippen LogP contribution in [0.2, 0.25) is 51.4 Å². The van der Waals surface area contributed by atoms with Gasteiger partial charge >= 0.3 is 20.5 Å². The Morgan fingerprint density at radius 1 is 0.373 bits per heavy atom. The van der Waals surface area contributed by atoms with E-state index in [4.69, 9.17) is 36.7 Å². The van der Waals surface area contributed by atoms with Crippen molar-refractivity contribution in [3.63, 3.8) is 0 Å². The molecule has 13 heteroatoms. The molecule has 4 aromatic carbocycles. The van der Waals surface area contributed by atoms with E-state index < -0.39 is 37.1 Å². The van der Waals surface area contributed by atoms with E-state index in [0.29, 0.717) is 60.9 Å². The van der Waals surface area contributed by atoms with Gasteiger partial charge in [0, 0.05) is 0 Å². The molecular formula is C62H96O10Si3. The number of ether oxygens (including phenoxy) is 6. The average molecular weight is 1090 g/mol. The molecule has 2 atom stereocenters. The van der Waals surface area contributed by atoms with Crippen LogP contribution in [0.15, 0.2) is 97.1 Å². The third-order valence-electron chi connectivity index (χ3n) is 13.6. The first-order valence-electron chi connectivity index (χ1n) is 28.7. The molecule has 0 N–H and O–H groups in total. The largest absolute Gasteiger partial charge is 0.494 e. The molecule has 0 aromatic heterocycles. The number of esters is 2. The van der Waals surface area contributed by atoms with Crippen LogP contribution in [-0.4, -0.2) is 63.6 Å². The Labute approximate surface area is 456 Å². The summed E-state index contributed by atoms with van der Waals surface area (Å²) in [5, 5.41) is 0. The summed E-state index contributed by atoms with van der Waals surface area (Å²) in [7, 11) is -5.82. The van der Waals surface area contributed by atoms with Crippen molar-refractivity contribution in [2.24, 2.45) is 11.8 Å². The highest BCUT2D eigenvalue weighted by atomic mass is 28.5. The minimum Gasteiger partial charge on any atom is -0.494 e. The Bertz CT molecular complexity index is 2010. The molecule has 0 spiro atoms. The Morgan fingerprint density at radius 2 is 0.640 bits per heavy atom. The third kappa shape index (κ3) is 27.5. The van der Waals surface area contributed by atoms with Crippen LogP contribution in [0, 0.1) is 11.8 Å². The molecule has 4 aromatic rings. The molecule has 0 bridgehead atoms. The molecule has 0 radical (unpaired) electrons. The fourth-order valence-corrected chi connectivity index (χ4v) is 23.1. The lowest BCUT2D eigenvalue weighted by Crippen LogP contribution is -2.52. The van der Waals surface area contributed by atoms with Crippen LogP contribution in [0.5, 0.6) is 34.5 Å². The van der Waals surface area contributed by atoms with E-state index in [1.165, 1.54) is 89.1 Å². The maximum absolute atomic E-state index is 12.7. The van der Waals surface area contributed by atoms with Crippen molar-refractivity contribution in [1.82, 2.24) is 0 Å². The lowest BCUT2D eigenvalue weighted by atomic mass is 10.1. The van der Waals surface area contributed by atoms with Gasteiger partial charge in [0.1, 0.15) is 34.5 Å². The second kappa shape index (κ2) is 34.4. The normalized spacial score (nSPS) is 12.7. The molecule has 0 fully saturated rings. The number of carbonyl (C=O) groups is 2. The van der Waals surface area contributed by atoms with Crippen LogP contribution in [0.1, 0.15) is 164 Å². The highest BCUT2D eigenvalue weighted by Gasteiger charge is 2.39. The maximum atomic E-state index is 12.7. The molecule has 0 heterocycles. The van der Waals surface area contributed by atoms with E-state index in [9.17, 15) is 9.59 Å². The maximum Gasteiger partial charge on any atom is 0.343 e. The van der Waals surface area contributed by atoms with Crippen LogP contribution in [0.25, 0.3) is 0 Å². The second-order valence-electron chi connectivity index (χ2n) is 22.4. The number of rotatable bonds is 40. The molecule has 4 rings (SSSR count). The van der Waals surface area contributed by atoms with Gasteiger partial charge in [-0.05, 0) is 173 Å². The summed E-state index contributed by atoms with van der Waals surface area (Å²) < 4.78 is 48.5. The van der Waals surface area contributed by atoms with Gasteiger partial charge in [-0.1, -0.05) is 130 Å². The molecule has 0 saturated heterocycles. The summed E-state index contributed by atoms with van der Waals surface area (Å²) >= 11 is 0. The van der Waals surface area contributed by atoms with Crippen molar-refractivity contribution in [2.45, 2.75) is 195 Å². The van der Waals surface area contributed by atoms with Crippen molar-refractivity contribution in [2.75, 3.05) is 26.4 Å². The van der Waals surface area contributed by atoms with Crippen molar-refractivity contribution >= 4 is 37.1 Å². The highest BCUT2D eigenvalue weighted by molar-refractivity contribution is 6.87. The van der Waals surface area contributed by atoms with Gasteiger partial charge in [0.05, 0.1) is 37.6 Å². The zero-order chi connectivity index (χ0) is 54.4. The zero-order valence-electron chi connectivity index (χ0n) is 47.9. The zero-order valence-corrected chi connectivity index (χ0v) is 50.9. The summed E-state index contributed by atoms with van der Waals surface area (Å²) in [6, 6.07) is 31.1. The van der Waals surface area contributed by atoms with E-state index in [1.54, 1.807) is 48.5 Å². The third-order valence-corrected chi connectivity index (χ3v) is 25.1.